The maximum Gasteiger partial charge on any atom is 0.334 e. The molecule has 1 aromatic rings. The fourth-order valence-corrected chi connectivity index (χ4v) is 4.34. The Kier molecular flexibility index (Phi) is 6.34. The largest absolute Gasteiger partial charge is 0.872 e. The van der Waals surface area contributed by atoms with E-state index in [1.807, 2.05) is 19.9 Å². The zero-order valence-corrected chi connectivity index (χ0v) is 18.9. The lowest BCUT2D eigenvalue weighted by molar-refractivity contribution is -0.297. The summed E-state index contributed by atoms with van der Waals surface area (Å²) in [5.74, 6) is -2.23. The average molecular weight is 429 g/mol. The standard InChI is InChI=1S/C24H30O7/c1-7-29-22(26)18-13(3)9-16(25)20(23(27)30-8-2)19(18)14-10-15-12-24(4,5)31-21(15)17(11-14)28-6/h9-11,18-19,25H,7-8,12H2,1-6H3/p-1. The molecule has 2 unspecified atom stereocenters. The van der Waals surface area contributed by atoms with E-state index in [1.54, 1.807) is 26.8 Å². The topological polar surface area (TPSA) is 94.1 Å². The van der Waals surface area contributed by atoms with Crippen LogP contribution in [0.4, 0.5) is 0 Å². The summed E-state index contributed by atoms with van der Waals surface area (Å²) in [6.07, 6.45) is 1.95. The molecule has 168 valence electrons. The third kappa shape index (κ3) is 4.27. The van der Waals surface area contributed by atoms with E-state index in [1.165, 1.54) is 13.2 Å². The Balaban J connectivity index is 2.21. The minimum absolute atomic E-state index is 0.0781. The van der Waals surface area contributed by atoms with E-state index >= 15 is 0 Å². The van der Waals surface area contributed by atoms with Gasteiger partial charge in [0.05, 0.1) is 26.2 Å². The van der Waals surface area contributed by atoms with Crippen molar-refractivity contribution in [2.24, 2.45) is 5.92 Å². The second-order valence-electron chi connectivity index (χ2n) is 8.34. The van der Waals surface area contributed by atoms with Crippen LogP contribution in [0.3, 0.4) is 0 Å². The summed E-state index contributed by atoms with van der Waals surface area (Å²) in [4.78, 5) is 25.7. The van der Waals surface area contributed by atoms with Crippen LogP contribution in [0.1, 0.15) is 51.7 Å². The normalized spacial score (nSPS) is 21.7. The third-order valence-corrected chi connectivity index (χ3v) is 5.52. The molecule has 0 saturated carbocycles. The van der Waals surface area contributed by atoms with E-state index in [-0.39, 0.29) is 18.8 Å². The Bertz CT molecular complexity index is 955. The van der Waals surface area contributed by atoms with Crippen molar-refractivity contribution in [2.75, 3.05) is 20.3 Å². The van der Waals surface area contributed by atoms with E-state index in [0.29, 0.717) is 29.1 Å². The number of carbonyl (C=O) groups is 2. The summed E-state index contributed by atoms with van der Waals surface area (Å²) < 4.78 is 22.1. The van der Waals surface area contributed by atoms with E-state index in [9.17, 15) is 14.7 Å². The van der Waals surface area contributed by atoms with Crippen LogP contribution in [0.2, 0.25) is 0 Å². The number of fused-ring (bicyclic) bond motifs is 1. The van der Waals surface area contributed by atoms with Crippen molar-refractivity contribution in [2.45, 2.75) is 52.6 Å². The third-order valence-electron chi connectivity index (χ3n) is 5.52. The van der Waals surface area contributed by atoms with E-state index in [2.05, 4.69) is 0 Å². The van der Waals surface area contributed by atoms with Crippen LogP contribution in [0, 0.1) is 5.92 Å². The number of esters is 2. The molecule has 7 nitrogen and oxygen atoms in total. The van der Waals surface area contributed by atoms with Gasteiger partial charge in [0.25, 0.3) is 0 Å². The number of rotatable bonds is 6. The van der Waals surface area contributed by atoms with Crippen molar-refractivity contribution in [1.82, 2.24) is 0 Å². The molecular weight excluding hydrogens is 400 g/mol. The summed E-state index contributed by atoms with van der Waals surface area (Å²) in [5, 5.41) is 12.9. The second kappa shape index (κ2) is 8.65. The van der Waals surface area contributed by atoms with Crippen LogP contribution in [0.15, 0.2) is 35.1 Å². The van der Waals surface area contributed by atoms with Gasteiger partial charge in [0.1, 0.15) is 5.60 Å². The fraction of sp³-hybridized carbons (Fsp3) is 0.500. The van der Waals surface area contributed by atoms with Gasteiger partial charge in [-0.2, -0.15) is 0 Å². The Morgan fingerprint density at radius 2 is 1.87 bits per heavy atom. The van der Waals surface area contributed by atoms with Gasteiger partial charge in [-0.15, -0.1) is 0 Å². The van der Waals surface area contributed by atoms with Gasteiger partial charge >= 0.3 is 11.9 Å². The molecule has 0 N–H and O–H groups in total. The molecule has 1 heterocycles. The Morgan fingerprint density at radius 3 is 2.48 bits per heavy atom. The molecule has 2 aliphatic rings. The number of carbonyl (C=O) groups excluding carboxylic acids is 2. The highest BCUT2D eigenvalue weighted by molar-refractivity contribution is 5.94. The first-order chi connectivity index (χ1) is 14.6. The molecule has 1 aliphatic heterocycles. The summed E-state index contributed by atoms with van der Waals surface area (Å²) in [6.45, 7) is 9.33. The minimum atomic E-state index is -0.849. The Hall–Kier alpha value is -2.96. The van der Waals surface area contributed by atoms with Crippen molar-refractivity contribution >= 4 is 11.9 Å². The lowest BCUT2D eigenvalue weighted by Crippen LogP contribution is -2.34. The molecule has 0 saturated heterocycles. The van der Waals surface area contributed by atoms with Gasteiger partial charge in [-0.25, -0.2) is 4.79 Å². The first kappa shape index (κ1) is 22.7. The molecule has 1 aliphatic carbocycles. The predicted molar refractivity (Wildman–Crippen MR) is 112 cm³/mol. The van der Waals surface area contributed by atoms with E-state index in [4.69, 9.17) is 18.9 Å². The molecule has 0 amide bonds. The lowest BCUT2D eigenvalue weighted by Gasteiger charge is -2.35. The summed E-state index contributed by atoms with van der Waals surface area (Å²) in [5.41, 5.74) is 1.55. The quantitative estimate of drug-likeness (QED) is 0.642. The number of hydrogen-bond acceptors (Lipinski definition) is 7. The zero-order valence-electron chi connectivity index (χ0n) is 18.9. The SMILES string of the molecule is CCOC(=O)C1=C([O-])C=C(C)C(C(=O)OCC)C1c1cc2c(c(OC)c1)OC(C)(C)C2. The molecule has 2 atom stereocenters. The van der Waals surface area contributed by atoms with Gasteiger partial charge in [0.15, 0.2) is 11.5 Å². The van der Waals surface area contributed by atoms with Gasteiger partial charge in [-0.3, -0.25) is 4.79 Å². The number of methoxy groups -OCH3 is 1. The van der Waals surface area contributed by atoms with Gasteiger partial charge in [0, 0.05) is 23.5 Å². The van der Waals surface area contributed by atoms with Crippen LogP contribution in [-0.4, -0.2) is 37.9 Å². The van der Waals surface area contributed by atoms with Crippen LogP contribution in [-0.2, 0) is 25.5 Å². The van der Waals surface area contributed by atoms with Gasteiger partial charge in [0.2, 0.25) is 0 Å². The smallest absolute Gasteiger partial charge is 0.334 e. The molecule has 7 heteroatoms. The molecular formula is C24H29O7-. The minimum Gasteiger partial charge on any atom is -0.872 e. The molecule has 3 rings (SSSR count). The highest BCUT2D eigenvalue weighted by atomic mass is 16.5. The molecule has 0 radical (unpaired) electrons. The van der Waals surface area contributed by atoms with Crippen molar-refractivity contribution in [3.8, 4) is 11.5 Å². The molecule has 31 heavy (non-hydrogen) atoms. The monoisotopic (exact) mass is 429 g/mol. The van der Waals surface area contributed by atoms with Crippen LogP contribution < -0.4 is 14.6 Å². The van der Waals surface area contributed by atoms with Crippen molar-refractivity contribution < 1.29 is 33.6 Å². The summed E-state index contributed by atoms with van der Waals surface area (Å²) >= 11 is 0. The lowest BCUT2D eigenvalue weighted by atomic mass is 9.72. The molecule has 0 bridgehead atoms. The number of allylic oxidation sites excluding steroid dienone is 1. The Labute approximate surface area is 182 Å². The van der Waals surface area contributed by atoms with Crippen LogP contribution in [0.5, 0.6) is 11.5 Å². The van der Waals surface area contributed by atoms with E-state index < -0.39 is 35.1 Å². The van der Waals surface area contributed by atoms with Crippen LogP contribution >= 0.6 is 0 Å². The molecule has 1 aromatic carbocycles. The fourth-order valence-electron chi connectivity index (χ4n) is 4.34. The highest BCUT2D eigenvalue weighted by Crippen LogP contribution is 2.48. The maximum atomic E-state index is 12.9. The van der Waals surface area contributed by atoms with E-state index in [0.717, 1.165) is 5.56 Å². The number of hydrogen-bond donors (Lipinski definition) is 0. The Morgan fingerprint density at radius 1 is 1.19 bits per heavy atom. The second-order valence-corrected chi connectivity index (χ2v) is 8.34. The van der Waals surface area contributed by atoms with Gasteiger partial charge in [-0.1, -0.05) is 23.5 Å². The highest BCUT2D eigenvalue weighted by Gasteiger charge is 2.42. The molecule has 0 aromatic heterocycles. The van der Waals surface area contributed by atoms with Crippen molar-refractivity contribution in [3.63, 3.8) is 0 Å². The maximum absolute atomic E-state index is 12.9. The predicted octanol–water partition coefficient (Wildman–Crippen LogP) is 2.81. The van der Waals surface area contributed by atoms with Crippen molar-refractivity contribution in [3.05, 3.63) is 46.2 Å². The van der Waals surface area contributed by atoms with Crippen molar-refractivity contribution in [1.29, 1.82) is 0 Å². The zero-order chi connectivity index (χ0) is 22.9. The number of ether oxygens (including phenoxy) is 4. The molecule has 0 spiro atoms. The van der Waals surface area contributed by atoms with Gasteiger partial charge < -0.3 is 24.1 Å². The first-order valence-corrected chi connectivity index (χ1v) is 10.5. The van der Waals surface area contributed by atoms with Crippen LogP contribution in [0.25, 0.3) is 0 Å². The summed E-state index contributed by atoms with van der Waals surface area (Å²) in [7, 11) is 1.53. The first-order valence-electron chi connectivity index (χ1n) is 10.5. The summed E-state index contributed by atoms with van der Waals surface area (Å²) in [6, 6.07) is 3.61. The average Bonchev–Trinajstić information content (AvgIpc) is 3.00. The van der Waals surface area contributed by atoms with Gasteiger partial charge in [-0.05, 0) is 46.2 Å². The number of benzene rings is 1. The molecule has 0 fully saturated rings.